The summed E-state index contributed by atoms with van der Waals surface area (Å²) in [5, 5.41) is 19.2. The molecular weight excluding hydrogens is 334 g/mol. The molecule has 0 aliphatic carbocycles. The predicted octanol–water partition coefficient (Wildman–Crippen LogP) is 1.81. The number of aromatic nitrogens is 5. The van der Waals surface area contributed by atoms with Crippen molar-refractivity contribution in [1.29, 1.82) is 0 Å². The third-order valence-corrected chi connectivity index (χ3v) is 4.37. The molecule has 9 heteroatoms. The molecule has 1 fully saturated rings. The van der Waals surface area contributed by atoms with E-state index in [1.165, 1.54) is 0 Å². The molecule has 3 aromatic rings. The summed E-state index contributed by atoms with van der Waals surface area (Å²) in [5.41, 5.74) is 0.734. The van der Waals surface area contributed by atoms with Crippen molar-refractivity contribution in [3.63, 3.8) is 0 Å². The molecule has 1 saturated heterocycles. The first-order valence-electron chi connectivity index (χ1n) is 8.52. The van der Waals surface area contributed by atoms with Crippen LogP contribution in [0.5, 0.6) is 0 Å². The van der Waals surface area contributed by atoms with Crippen LogP contribution in [0.1, 0.15) is 18.5 Å². The maximum atomic E-state index is 12.5. The highest BCUT2D eigenvalue weighted by Gasteiger charge is 2.27. The predicted molar refractivity (Wildman–Crippen MR) is 94.0 cm³/mol. The fourth-order valence-corrected chi connectivity index (χ4v) is 3.06. The number of amides is 1. The van der Waals surface area contributed by atoms with E-state index in [9.17, 15) is 4.79 Å². The van der Waals surface area contributed by atoms with Crippen molar-refractivity contribution in [3.05, 3.63) is 42.4 Å². The number of nitrogens with zero attached hydrogens (tertiary/aromatic N) is 6. The molecule has 26 heavy (non-hydrogen) atoms. The molecule has 1 amide bonds. The van der Waals surface area contributed by atoms with E-state index >= 15 is 0 Å². The van der Waals surface area contributed by atoms with Gasteiger partial charge in [-0.3, -0.25) is 10.1 Å². The Labute approximate surface area is 150 Å². The summed E-state index contributed by atoms with van der Waals surface area (Å²) in [6.07, 6.45) is 5.25. The Morgan fingerprint density at radius 1 is 1.31 bits per heavy atom. The van der Waals surface area contributed by atoms with Crippen LogP contribution in [0.3, 0.4) is 0 Å². The summed E-state index contributed by atoms with van der Waals surface area (Å²) < 4.78 is 6.72. The van der Waals surface area contributed by atoms with E-state index in [1.807, 2.05) is 31.3 Å². The second-order valence-corrected chi connectivity index (χ2v) is 6.31. The van der Waals surface area contributed by atoms with E-state index in [4.69, 9.17) is 4.52 Å². The second-order valence-electron chi connectivity index (χ2n) is 6.31. The molecule has 0 radical (unpaired) electrons. The highest BCUT2D eigenvalue weighted by molar-refractivity contribution is 5.91. The highest BCUT2D eigenvalue weighted by Crippen LogP contribution is 2.23. The van der Waals surface area contributed by atoms with Crippen molar-refractivity contribution < 1.29 is 9.32 Å². The molecule has 9 nitrogen and oxygen atoms in total. The lowest BCUT2D eigenvalue weighted by atomic mass is 9.97. The van der Waals surface area contributed by atoms with Gasteiger partial charge in [-0.15, -0.1) is 10.2 Å². The number of carbonyl (C=O) groups excluding carboxylic acids is 1. The van der Waals surface area contributed by atoms with Crippen LogP contribution in [0.2, 0.25) is 0 Å². The van der Waals surface area contributed by atoms with Crippen LogP contribution in [0, 0.1) is 12.8 Å². The molecular formula is C17H19N7O2. The first kappa shape index (κ1) is 16.2. The number of aryl methyl sites for hydroxylation is 1. The Morgan fingerprint density at radius 3 is 2.85 bits per heavy atom. The first-order chi connectivity index (χ1) is 12.7. The molecule has 1 aliphatic rings. The van der Waals surface area contributed by atoms with Crippen molar-refractivity contribution in [3.8, 4) is 5.82 Å². The molecule has 4 rings (SSSR count). The normalized spacial score (nSPS) is 17.3. The molecule has 0 aromatic carbocycles. The van der Waals surface area contributed by atoms with Gasteiger partial charge < -0.3 is 9.42 Å². The number of hydrogen-bond donors (Lipinski definition) is 1. The van der Waals surface area contributed by atoms with Crippen LogP contribution in [-0.4, -0.2) is 44.1 Å². The Balaban J connectivity index is 1.42. The zero-order chi connectivity index (χ0) is 17.9. The van der Waals surface area contributed by atoms with Gasteiger partial charge in [-0.2, -0.15) is 5.10 Å². The number of carbonyl (C=O) groups is 1. The van der Waals surface area contributed by atoms with Crippen molar-refractivity contribution in [2.45, 2.75) is 19.8 Å². The summed E-state index contributed by atoms with van der Waals surface area (Å²) >= 11 is 0. The van der Waals surface area contributed by atoms with Crippen molar-refractivity contribution in [2.24, 2.45) is 5.92 Å². The van der Waals surface area contributed by atoms with Crippen LogP contribution in [-0.2, 0) is 4.79 Å². The quantitative estimate of drug-likeness (QED) is 0.763. The third-order valence-electron chi connectivity index (χ3n) is 4.37. The largest absolute Gasteiger partial charge is 0.354 e. The van der Waals surface area contributed by atoms with Crippen molar-refractivity contribution >= 4 is 17.6 Å². The summed E-state index contributed by atoms with van der Waals surface area (Å²) in [7, 11) is 0. The monoisotopic (exact) mass is 353 g/mol. The molecule has 1 N–H and O–H groups in total. The number of piperidine rings is 1. The van der Waals surface area contributed by atoms with E-state index in [-0.39, 0.29) is 11.8 Å². The minimum atomic E-state index is -0.137. The standard InChI is InChI=1S/C17H19N7O2/c1-12-10-16(26-22-12)19-17(25)13-4-2-8-23(11-13)14-5-6-15(21-20-14)24-9-3-7-18-24/h3,5-7,9-10,13H,2,4,8,11H2,1H3,(H,19,25). The number of rotatable bonds is 4. The minimum absolute atomic E-state index is 0.0630. The van der Waals surface area contributed by atoms with Gasteiger partial charge in [0.2, 0.25) is 11.8 Å². The average Bonchev–Trinajstić information content (AvgIpc) is 3.34. The van der Waals surface area contributed by atoms with Gasteiger partial charge in [0.1, 0.15) is 0 Å². The highest BCUT2D eigenvalue weighted by atomic mass is 16.5. The van der Waals surface area contributed by atoms with Crippen molar-refractivity contribution in [2.75, 3.05) is 23.3 Å². The van der Waals surface area contributed by atoms with Gasteiger partial charge in [0, 0.05) is 31.5 Å². The molecule has 0 bridgehead atoms. The summed E-state index contributed by atoms with van der Waals surface area (Å²) in [5.74, 6) is 1.60. The van der Waals surface area contributed by atoms with Crippen LogP contribution in [0.4, 0.5) is 11.7 Å². The summed E-state index contributed by atoms with van der Waals surface area (Å²) in [6.45, 7) is 3.25. The van der Waals surface area contributed by atoms with Crippen LogP contribution >= 0.6 is 0 Å². The fraction of sp³-hybridized carbons (Fsp3) is 0.353. The topological polar surface area (TPSA) is 102 Å². The molecule has 4 heterocycles. The Bertz CT molecular complexity index is 873. The van der Waals surface area contributed by atoms with Gasteiger partial charge in [-0.05, 0) is 38.0 Å². The van der Waals surface area contributed by atoms with E-state index in [0.29, 0.717) is 18.2 Å². The average molecular weight is 353 g/mol. The summed E-state index contributed by atoms with van der Waals surface area (Å²) in [6, 6.07) is 7.32. The van der Waals surface area contributed by atoms with Crippen molar-refractivity contribution in [1.82, 2.24) is 25.1 Å². The minimum Gasteiger partial charge on any atom is -0.354 e. The lowest BCUT2D eigenvalue weighted by molar-refractivity contribution is -0.120. The van der Waals surface area contributed by atoms with E-state index in [0.717, 1.165) is 30.9 Å². The van der Waals surface area contributed by atoms with Gasteiger partial charge in [-0.1, -0.05) is 5.16 Å². The first-order valence-corrected chi connectivity index (χ1v) is 8.52. The molecule has 1 aliphatic heterocycles. The smallest absolute Gasteiger partial charge is 0.231 e. The molecule has 1 atom stereocenters. The van der Waals surface area contributed by atoms with E-state index in [1.54, 1.807) is 16.9 Å². The van der Waals surface area contributed by atoms with Gasteiger partial charge in [-0.25, -0.2) is 4.68 Å². The van der Waals surface area contributed by atoms with Crippen LogP contribution in [0.15, 0.2) is 41.2 Å². The molecule has 134 valence electrons. The lowest BCUT2D eigenvalue weighted by Crippen LogP contribution is -2.41. The van der Waals surface area contributed by atoms with Crippen LogP contribution in [0.25, 0.3) is 5.82 Å². The Hall–Kier alpha value is -3.23. The van der Waals surface area contributed by atoms with E-state index in [2.05, 4.69) is 30.7 Å². The molecule has 0 saturated carbocycles. The zero-order valence-electron chi connectivity index (χ0n) is 14.4. The molecule has 1 unspecified atom stereocenters. The number of hydrogen-bond acceptors (Lipinski definition) is 7. The van der Waals surface area contributed by atoms with Crippen LogP contribution < -0.4 is 10.2 Å². The van der Waals surface area contributed by atoms with Gasteiger partial charge in [0.05, 0.1) is 11.6 Å². The lowest BCUT2D eigenvalue weighted by Gasteiger charge is -2.32. The molecule has 3 aromatic heterocycles. The summed E-state index contributed by atoms with van der Waals surface area (Å²) in [4.78, 5) is 14.6. The third kappa shape index (κ3) is 3.41. The SMILES string of the molecule is Cc1cc(NC(=O)C2CCCN(c3ccc(-n4cccn4)nn3)C2)on1. The van der Waals surface area contributed by atoms with Gasteiger partial charge in [0.25, 0.3) is 0 Å². The number of nitrogens with one attached hydrogen (secondary N) is 1. The van der Waals surface area contributed by atoms with E-state index < -0.39 is 0 Å². The maximum absolute atomic E-state index is 12.5. The van der Waals surface area contributed by atoms with Gasteiger partial charge >= 0.3 is 0 Å². The fourth-order valence-electron chi connectivity index (χ4n) is 3.06. The zero-order valence-corrected chi connectivity index (χ0v) is 14.4. The van der Waals surface area contributed by atoms with Gasteiger partial charge in [0.15, 0.2) is 11.6 Å². The molecule has 0 spiro atoms. The Morgan fingerprint density at radius 2 is 2.15 bits per heavy atom. The second kappa shape index (κ2) is 6.95. The maximum Gasteiger partial charge on any atom is 0.231 e. The Kier molecular flexibility index (Phi) is 4.34. The number of anilines is 2.